The van der Waals surface area contributed by atoms with Gasteiger partial charge in [-0.3, -0.25) is 14.4 Å². The highest BCUT2D eigenvalue weighted by Gasteiger charge is 2.26. The molecule has 0 unspecified atom stereocenters. The molecule has 208 valence electrons. The molecule has 2 amide bonds. The van der Waals surface area contributed by atoms with E-state index in [1.165, 1.54) is 5.56 Å². The molecule has 2 N–H and O–H groups in total. The van der Waals surface area contributed by atoms with E-state index in [1.54, 1.807) is 18.4 Å². The molecular formula is C31H40N4O3S. The van der Waals surface area contributed by atoms with Crippen LogP contribution in [-0.4, -0.2) is 61.2 Å². The van der Waals surface area contributed by atoms with Crippen LogP contribution in [0.2, 0.25) is 0 Å². The molecule has 0 saturated heterocycles. The minimum absolute atomic E-state index is 0.00107. The number of nitrogens with one attached hydrogen (secondary N) is 2. The lowest BCUT2D eigenvalue weighted by atomic mass is 9.95. The highest BCUT2D eigenvalue weighted by atomic mass is 32.1. The van der Waals surface area contributed by atoms with E-state index in [4.69, 9.17) is 4.98 Å². The molecule has 0 radical (unpaired) electrons. The first-order valence-corrected chi connectivity index (χ1v) is 14.3. The molecule has 0 aliphatic heterocycles. The van der Waals surface area contributed by atoms with Crippen LogP contribution >= 0.6 is 11.3 Å². The second kappa shape index (κ2) is 14.7. The highest BCUT2D eigenvalue weighted by Crippen LogP contribution is 2.26. The maximum atomic E-state index is 13.6. The predicted octanol–water partition coefficient (Wildman–Crippen LogP) is 4.35. The van der Waals surface area contributed by atoms with E-state index in [-0.39, 0.29) is 30.1 Å². The Morgan fingerprint density at radius 2 is 1.79 bits per heavy atom. The first-order valence-electron chi connectivity index (χ1n) is 13.5. The number of aromatic nitrogens is 1. The second-order valence-corrected chi connectivity index (χ2v) is 11.4. The molecule has 39 heavy (non-hydrogen) atoms. The Balaban J connectivity index is 1.77. The minimum atomic E-state index is -0.575. The summed E-state index contributed by atoms with van der Waals surface area (Å²) in [6.07, 6.45) is 2.75. The van der Waals surface area contributed by atoms with Gasteiger partial charge in [0.2, 0.25) is 11.8 Å². The highest BCUT2D eigenvalue weighted by molar-refractivity contribution is 7.18. The van der Waals surface area contributed by atoms with Gasteiger partial charge in [0.1, 0.15) is 0 Å². The molecule has 3 rings (SSSR count). The van der Waals surface area contributed by atoms with Gasteiger partial charge in [-0.1, -0.05) is 49.9 Å². The van der Waals surface area contributed by atoms with Crippen LogP contribution in [0.5, 0.6) is 0 Å². The van der Waals surface area contributed by atoms with Gasteiger partial charge in [0, 0.05) is 44.5 Å². The summed E-state index contributed by atoms with van der Waals surface area (Å²) in [5.41, 5.74) is 3.78. The van der Waals surface area contributed by atoms with Gasteiger partial charge >= 0.3 is 0 Å². The smallest absolute Gasteiger partial charge is 0.224 e. The van der Waals surface area contributed by atoms with Crippen LogP contribution < -0.4 is 10.6 Å². The Morgan fingerprint density at radius 3 is 2.46 bits per heavy atom. The van der Waals surface area contributed by atoms with Crippen molar-refractivity contribution in [1.82, 2.24) is 20.5 Å². The van der Waals surface area contributed by atoms with Crippen molar-refractivity contribution in [2.75, 3.05) is 27.7 Å². The molecule has 3 aromatic rings. The predicted molar refractivity (Wildman–Crippen MR) is 159 cm³/mol. The molecule has 0 fully saturated rings. The van der Waals surface area contributed by atoms with E-state index in [2.05, 4.69) is 36.3 Å². The number of carbonyl (C=O) groups excluding carboxylic acids is 3. The number of hydrogen-bond acceptors (Lipinski definition) is 6. The van der Waals surface area contributed by atoms with Crippen LogP contribution in [0.15, 0.2) is 60.7 Å². The van der Waals surface area contributed by atoms with Gasteiger partial charge in [0.25, 0.3) is 0 Å². The zero-order valence-corrected chi connectivity index (χ0v) is 24.3. The third-order valence-corrected chi connectivity index (χ3v) is 7.74. The number of amides is 2. The number of thiazole rings is 1. The molecule has 0 spiro atoms. The average molecular weight is 549 g/mol. The van der Waals surface area contributed by atoms with Gasteiger partial charge < -0.3 is 15.5 Å². The van der Waals surface area contributed by atoms with E-state index in [0.717, 1.165) is 27.2 Å². The molecule has 0 bridgehead atoms. The largest absolute Gasteiger partial charge is 0.359 e. The maximum Gasteiger partial charge on any atom is 0.224 e. The number of ketones is 1. The summed E-state index contributed by atoms with van der Waals surface area (Å²) >= 11 is 1.57. The Morgan fingerprint density at radius 1 is 1.05 bits per heavy atom. The number of aryl methyl sites for hydroxylation is 1. The Labute approximate surface area is 235 Å². The Hall–Kier alpha value is -3.36. The van der Waals surface area contributed by atoms with E-state index < -0.39 is 5.92 Å². The van der Waals surface area contributed by atoms with Gasteiger partial charge in [-0.25, -0.2) is 4.98 Å². The molecule has 1 heterocycles. The summed E-state index contributed by atoms with van der Waals surface area (Å²) in [5.74, 6) is -0.973. The van der Waals surface area contributed by atoms with E-state index in [9.17, 15) is 14.4 Å². The summed E-state index contributed by atoms with van der Waals surface area (Å²) in [7, 11) is 5.38. The van der Waals surface area contributed by atoms with Crippen molar-refractivity contribution in [2.24, 2.45) is 5.92 Å². The van der Waals surface area contributed by atoms with Crippen molar-refractivity contribution < 1.29 is 14.4 Å². The number of fused-ring (bicyclic) bond motifs is 1. The van der Waals surface area contributed by atoms with Crippen LogP contribution in [-0.2, 0) is 33.6 Å². The monoisotopic (exact) mass is 548 g/mol. The number of rotatable bonds is 15. The molecular weight excluding hydrogens is 508 g/mol. The zero-order valence-electron chi connectivity index (χ0n) is 23.5. The van der Waals surface area contributed by atoms with Crippen molar-refractivity contribution >= 4 is 39.2 Å². The lowest BCUT2D eigenvalue weighted by molar-refractivity contribution is -0.130. The first kappa shape index (κ1) is 30.2. The van der Waals surface area contributed by atoms with Crippen molar-refractivity contribution in [3.8, 4) is 0 Å². The molecule has 7 nitrogen and oxygen atoms in total. The maximum absolute atomic E-state index is 13.6. The van der Waals surface area contributed by atoms with E-state index in [0.29, 0.717) is 37.8 Å². The quantitative estimate of drug-likeness (QED) is 0.276. The van der Waals surface area contributed by atoms with Gasteiger partial charge in [0.15, 0.2) is 5.78 Å². The number of benzene rings is 2. The topological polar surface area (TPSA) is 91.4 Å². The molecule has 8 heteroatoms. The first-order chi connectivity index (χ1) is 18.7. The summed E-state index contributed by atoms with van der Waals surface area (Å²) < 4.78 is 1.09. The van der Waals surface area contributed by atoms with Crippen LogP contribution in [0.4, 0.5) is 0 Å². The second-order valence-electron chi connectivity index (χ2n) is 10.2. The van der Waals surface area contributed by atoms with Crippen molar-refractivity contribution in [1.29, 1.82) is 0 Å². The van der Waals surface area contributed by atoms with Crippen LogP contribution in [0.3, 0.4) is 0 Å². The fourth-order valence-corrected chi connectivity index (χ4v) is 5.62. The van der Waals surface area contributed by atoms with E-state index in [1.807, 2.05) is 55.4 Å². The van der Waals surface area contributed by atoms with Crippen LogP contribution in [0.25, 0.3) is 10.2 Å². The average Bonchev–Trinajstić information content (AvgIpc) is 3.32. The SMILES string of the molecule is C=C(CN(C)C)C(=O)CC[C@H](Cc1ccccc1)NC(=O)[C@@H](CC(=O)NC)Cc1nc2ccc(CC)cc2s1. The summed E-state index contributed by atoms with van der Waals surface area (Å²) in [4.78, 5) is 45.3. The third kappa shape index (κ3) is 9.41. The summed E-state index contributed by atoms with van der Waals surface area (Å²) in [6.45, 7) is 6.55. The molecule has 0 aliphatic carbocycles. The Bertz CT molecular complexity index is 1290. The molecule has 0 aliphatic rings. The lowest BCUT2D eigenvalue weighted by Crippen LogP contribution is -2.42. The lowest BCUT2D eigenvalue weighted by Gasteiger charge is -2.23. The Kier molecular flexibility index (Phi) is 11.4. The fraction of sp³-hybridized carbons (Fsp3) is 0.419. The van der Waals surface area contributed by atoms with Crippen LogP contribution in [0.1, 0.15) is 42.3 Å². The molecule has 0 saturated carbocycles. The summed E-state index contributed by atoms with van der Waals surface area (Å²) in [5, 5.41) is 6.64. The number of nitrogens with zero attached hydrogens (tertiary/aromatic N) is 2. The van der Waals surface area contributed by atoms with Crippen molar-refractivity contribution in [2.45, 2.75) is 51.5 Å². The van der Waals surface area contributed by atoms with E-state index >= 15 is 0 Å². The molecule has 2 aromatic carbocycles. The van der Waals surface area contributed by atoms with Gasteiger partial charge in [-0.2, -0.15) is 0 Å². The number of likely N-dealkylation sites (N-methyl/N-ethyl adjacent to an activating group) is 1. The van der Waals surface area contributed by atoms with Crippen molar-refractivity contribution in [3.63, 3.8) is 0 Å². The molecule has 2 atom stereocenters. The summed E-state index contributed by atoms with van der Waals surface area (Å²) in [6, 6.07) is 15.9. The van der Waals surface area contributed by atoms with Gasteiger partial charge in [-0.15, -0.1) is 11.3 Å². The fourth-order valence-electron chi connectivity index (χ4n) is 4.51. The van der Waals surface area contributed by atoms with Crippen LogP contribution in [0, 0.1) is 5.92 Å². The number of Topliss-reactive ketones (excluding diaryl/α,β-unsaturated/α-hetero) is 1. The number of carbonyl (C=O) groups is 3. The normalized spacial score (nSPS) is 12.7. The van der Waals surface area contributed by atoms with Gasteiger partial charge in [0.05, 0.1) is 21.1 Å². The van der Waals surface area contributed by atoms with Crippen molar-refractivity contribution in [3.05, 3.63) is 76.8 Å². The zero-order chi connectivity index (χ0) is 28.4. The molecule has 1 aromatic heterocycles. The number of hydrogen-bond donors (Lipinski definition) is 2. The third-order valence-electron chi connectivity index (χ3n) is 6.70. The minimum Gasteiger partial charge on any atom is -0.359 e. The van der Waals surface area contributed by atoms with Gasteiger partial charge in [-0.05, 0) is 56.6 Å². The standard InChI is InChI=1S/C31H40N4O3S/c1-6-22-12-14-26-28(17-22)39-30(34-26)19-24(18-29(37)32-3)31(38)33-25(16-23-10-8-7-9-11-23)13-15-27(36)21(2)20-35(4)5/h7-12,14,17,24-25H,2,6,13,15-16,18-20H2,1,3-5H3,(H,32,37)(H,33,38)/t24-,25+/m0/s1.